The molecule has 1 aliphatic rings. The zero-order valence-electron chi connectivity index (χ0n) is 13.9. The highest BCUT2D eigenvalue weighted by Crippen LogP contribution is 2.37. The Labute approximate surface area is 150 Å². The van der Waals surface area contributed by atoms with Crippen molar-refractivity contribution in [3.63, 3.8) is 0 Å². The minimum atomic E-state index is -0.312. The van der Waals surface area contributed by atoms with Crippen LogP contribution in [0.1, 0.15) is 18.9 Å². The molecule has 130 valence electrons. The number of carbonyl (C=O) groups excluding carboxylic acids is 2. The number of fused-ring (bicyclic) bond motifs is 1. The van der Waals surface area contributed by atoms with Crippen molar-refractivity contribution in [2.45, 2.75) is 30.0 Å². The molecule has 1 aliphatic heterocycles. The molecule has 1 heterocycles. The van der Waals surface area contributed by atoms with Gasteiger partial charge < -0.3 is 10.2 Å². The van der Waals surface area contributed by atoms with Gasteiger partial charge in [0.05, 0.1) is 5.69 Å². The van der Waals surface area contributed by atoms with Gasteiger partial charge in [-0.25, -0.2) is 4.39 Å². The first kappa shape index (κ1) is 17.5. The molecule has 1 atom stereocenters. The average Bonchev–Trinajstić information content (AvgIpc) is 2.70. The number of benzene rings is 2. The fourth-order valence-corrected chi connectivity index (χ4v) is 3.82. The molecule has 0 bridgehead atoms. The molecule has 3 rings (SSSR count). The molecular weight excluding hydrogens is 339 g/mol. The fourth-order valence-electron chi connectivity index (χ4n) is 2.70. The number of rotatable bonds is 4. The van der Waals surface area contributed by atoms with Crippen LogP contribution in [0.25, 0.3) is 0 Å². The van der Waals surface area contributed by atoms with Crippen LogP contribution in [0.5, 0.6) is 0 Å². The van der Waals surface area contributed by atoms with Gasteiger partial charge in [-0.3, -0.25) is 9.59 Å². The summed E-state index contributed by atoms with van der Waals surface area (Å²) in [6.07, 6.45) is 0.393. The molecule has 0 saturated carbocycles. The first-order valence-corrected chi connectivity index (χ1v) is 8.98. The second kappa shape index (κ2) is 7.70. The molecular formula is C19H19FN2O2S. The van der Waals surface area contributed by atoms with Gasteiger partial charge in [0.25, 0.3) is 0 Å². The summed E-state index contributed by atoms with van der Waals surface area (Å²) in [6.45, 7) is 2.29. The number of amides is 2. The van der Waals surface area contributed by atoms with Gasteiger partial charge in [0, 0.05) is 23.1 Å². The number of thioether (sulfide) groups is 1. The second-order valence-electron chi connectivity index (χ2n) is 5.98. The highest BCUT2D eigenvalue weighted by atomic mass is 32.2. The lowest BCUT2D eigenvalue weighted by molar-refractivity contribution is -0.123. The Kier molecular flexibility index (Phi) is 5.38. The van der Waals surface area contributed by atoms with E-state index in [4.69, 9.17) is 0 Å². The van der Waals surface area contributed by atoms with Crippen molar-refractivity contribution in [2.75, 3.05) is 11.4 Å². The van der Waals surface area contributed by atoms with Gasteiger partial charge in [0.1, 0.15) is 12.4 Å². The van der Waals surface area contributed by atoms with E-state index < -0.39 is 0 Å². The summed E-state index contributed by atoms with van der Waals surface area (Å²) in [5.74, 6) is -0.609. The molecule has 1 N–H and O–H groups in total. The van der Waals surface area contributed by atoms with Crippen molar-refractivity contribution in [3.05, 3.63) is 59.9 Å². The van der Waals surface area contributed by atoms with Crippen molar-refractivity contribution in [2.24, 2.45) is 0 Å². The monoisotopic (exact) mass is 358 g/mol. The lowest BCUT2D eigenvalue weighted by Crippen LogP contribution is -2.40. The first-order chi connectivity index (χ1) is 12.0. The zero-order chi connectivity index (χ0) is 17.8. The van der Waals surface area contributed by atoms with Gasteiger partial charge in [0.2, 0.25) is 11.8 Å². The van der Waals surface area contributed by atoms with Crippen molar-refractivity contribution in [3.8, 4) is 0 Å². The van der Waals surface area contributed by atoms with Gasteiger partial charge in [-0.05, 0) is 29.8 Å². The van der Waals surface area contributed by atoms with Crippen LogP contribution < -0.4 is 10.2 Å². The van der Waals surface area contributed by atoms with E-state index in [0.717, 1.165) is 16.1 Å². The zero-order valence-corrected chi connectivity index (χ0v) is 14.7. The number of carbonyl (C=O) groups is 2. The van der Waals surface area contributed by atoms with Crippen LogP contribution in [-0.4, -0.2) is 23.6 Å². The summed E-state index contributed by atoms with van der Waals surface area (Å²) in [5.41, 5.74) is 1.58. The topological polar surface area (TPSA) is 49.4 Å². The predicted octanol–water partition coefficient (Wildman–Crippen LogP) is 3.36. The Morgan fingerprint density at radius 1 is 1.24 bits per heavy atom. The Morgan fingerprint density at radius 2 is 1.96 bits per heavy atom. The number of nitrogens with zero attached hydrogens (tertiary/aromatic N) is 1. The summed E-state index contributed by atoms with van der Waals surface area (Å²) in [4.78, 5) is 27.4. The third kappa shape index (κ3) is 4.39. The van der Waals surface area contributed by atoms with Crippen LogP contribution in [0.3, 0.4) is 0 Å². The predicted molar refractivity (Wildman–Crippen MR) is 97.0 cm³/mol. The Morgan fingerprint density at radius 3 is 2.72 bits per heavy atom. The van der Waals surface area contributed by atoms with Gasteiger partial charge >= 0.3 is 0 Å². The minimum Gasteiger partial charge on any atom is -0.350 e. The number of hydrogen-bond donors (Lipinski definition) is 1. The largest absolute Gasteiger partial charge is 0.350 e. The molecule has 0 fully saturated rings. The van der Waals surface area contributed by atoms with Crippen LogP contribution in [-0.2, 0) is 16.1 Å². The summed E-state index contributed by atoms with van der Waals surface area (Å²) >= 11 is 1.65. The second-order valence-corrected chi connectivity index (χ2v) is 7.46. The maximum Gasteiger partial charge on any atom is 0.240 e. The van der Waals surface area contributed by atoms with E-state index in [9.17, 15) is 14.0 Å². The van der Waals surface area contributed by atoms with Crippen LogP contribution >= 0.6 is 11.8 Å². The van der Waals surface area contributed by atoms with Crippen molar-refractivity contribution >= 4 is 29.3 Å². The van der Waals surface area contributed by atoms with Crippen LogP contribution in [0.15, 0.2) is 53.4 Å². The summed E-state index contributed by atoms with van der Waals surface area (Å²) in [5, 5.41) is 2.95. The Hall–Kier alpha value is -2.34. The van der Waals surface area contributed by atoms with Crippen molar-refractivity contribution in [1.29, 1.82) is 0 Å². The fraction of sp³-hybridized carbons (Fsp3) is 0.263. The lowest BCUT2D eigenvalue weighted by atomic mass is 10.2. The number of hydrogen-bond acceptors (Lipinski definition) is 3. The summed E-state index contributed by atoms with van der Waals surface area (Å²) in [7, 11) is 0. The Bertz CT molecular complexity index is 779. The molecule has 1 unspecified atom stereocenters. The van der Waals surface area contributed by atoms with Gasteiger partial charge in [0.15, 0.2) is 0 Å². The average molecular weight is 358 g/mol. The highest BCUT2D eigenvalue weighted by Gasteiger charge is 2.27. The molecule has 2 amide bonds. The van der Waals surface area contributed by atoms with E-state index >= 15 is 0 Å². The van der Waals surface area contributed by atoms with Crippen LogP contribution in [0.2, 0.25) is 0 Å². The molecule has 6 heteroatoms. The normalized spacial score (nSPS) is 17.0. The van der Waals surface area contributed by atoms with E-state index in [1.54, 1.807) is 28.8 Å². The smallest absolute Gasteiger partial charge is 0.240 e. The van der Waals surface area contributed by atoms with E-state index in [2.05, 4.69) is 5.32 Å². The molecule has 0 aliphatic carbocycles. The summed E-state index contributed by atoms with van der Waals surface area (Å²) in [6, 6.07) is 13.6. The van der Waals surface area contributed by atoms with Gasteiger partial charge in [-0.15, -0.1) is 11.8 Å². The lowest BCUT2D eigenvalue weighted by Gasteiger charge is -2.22. The highest BCUT2D eigenvalue weighted by molar-refractivity contribution is 8.00. The van der Waals surface area contributed by atoms with E-state index in [-0.39, 0.29) is 29.4 Å². The number of halogens is 1. The maximum absolute atomic E-state index is 12.9. The van der Waals surface area contributed by atoms with Crippen LogP contribution in [0.4, 0.5) is 10.1 Å². The van der Waals surface area contributed by atoms with E-state index in [0.29, 0.717) is 13.0 Å². The minimum absolute atomic E-state index is 0.0235. The molecule has 4 nitrogen and oxygen atoms in total. The maximum atomic E-state index is 12.9. The quantitative estimate of drug-likeness (QED) is 0.912. The number of para-hydroxylation sites is 1. The third-order valence-electron chi connectivity index (χ3n) is 3.95. The standard InChI is InChI=1S/C19H19FN2O2S/c1-13-10-19(24)22(16-4-2-3-5-17(16)25-13)12-18(23)21-11-14-6-8-15(20)9-7-14/h2-9,13H,10-12H2,1H3,(H,21,23). The molecule has 0 saturated heterocycles. The van der Waals surface area contributed by atoms with Crippen molar-refractivity contribution in [1.82, 2.24) is 5.32 Å². The molecule has 2 aromatic rings. The molecule has 0 aromatic heterocycles. The molecule has 0 spiro atoms. The third-order valence-corrected chi connectivity index (χ3v) is 5.12. The number of anilines is 1. The number of nitrogens with one attached hydrogen (secondary N) is 1. The van der Waals surface area contributed by atoms with E-state index in [1.807, 2.05) is 31.2 Å². The molecule has 0 radical (unpaired) electrons. The van der Waals surface area contributed by atoms with Crippen LogP contribution in [0, 0.1) is 5.82 Å². The van der Waals surface area contributed by atoms with E-state index in [1.165, 1.54) is 12.1 Å². The molecule has 25 heavy (non-hydrogen) atoms. The summed E-state index contributed by atoms with van der Waals surface area (Å²) < 4.78 is 12.9. The molecule has 2 aromatic carbocycles. The first-order valence-electron chi connectivity index (χ1n) is 8.10. The van der Waals surface area contributed by atoms with Crippen molar-refractivity contribution < 1.29 is 14.0 Å². The Balaban J connectivity index is 1.69. The van der Waals surface area contributed by atoms with Gasteiger partial charge in [-0.2, -0.15) is 0 Å². The SMILES string of the molecule is CC1CC(=O)N(CC(=O)NCc2ccc(F)cc2)c2ccccc2S1. The van der Waals surface area contributed by atoms with Gasteiger partial charge in [-0.1, -0.05) is 31.2 Å².